The van der Waals surface area contributed by atoms with E-state index in [0.717, 1.165) is 21.8 Å². The van der Waals surface area contributed by atoms with Crippen LogP contribution in [0.1, 0.15) is 11.3 Å². The van der Waals surface area contributed by atoms with E-state index in [1.165, 1.54) is 23.5 Å². The average molecular weight is 528 g/mol. The highest BCUT2D eigenvalue weighted by Gasteiger charge is 2.54. The van der Waals surface area contributed by atoms with Gasteiger partial charge in [-0.15, -0.1) is 11.8 Å². The van der Waals surface area contributed by atoms with Crippen molar-refractivity contribution in [3.05, 3.63) is 44.0 Å². The number of oxime groups is 1. The number of thiazole rings is 1. The largest absolute Gasteiger partial charge is 0.477 e. The van der Waals surface area contributed by atoms with Gasteiger partial charge in [-0.3, -0.25) is 19.6 Å². The van der Waals surface area contributed by atoms with E-state index < -0.39 is 34.9 Å². The van der Waals surface area contributed by atoms with Gasteiger partial charge in [0.2, 0.25) is 0 Å². The molecule has 4 heterocycles. The Morgan fingerprint density at radius 2 is 2.27 bits per heavy atom. The van der Waals surface area contributed by atoms with E-state index >= 15 is 0 Å². The summed E-state index contributed by atoms with van der Waals surface area (Å²) < 4.78 is 0.0466. The standard InChI is InChI=1S/C17H14ClN7O5S3/c18-12-8(23-17(19)33-12)9(24-30)13(26)22-10-14(27)25-11(16(28)29)7(5-32-15(10)25)31-2-1-6-3-20-21-4-6/h1-4,10,15,30H,5H2,(H2,19,23)(H,20,21)(H,22,26)(H,28,29)/b2-1+,24-9-/t10-,15-/m1/s1. The van der Waals surface area contributed by atoms with Gasteiger partial charge in [0, 0.05) is 22.4 Å². The number of hydrogen-bond donors (Lipinski definition) is 5. The Kier molecular flexibility index (Phi) is 6.64. The highest BCUT2D eigenvalue weighted by Crippen LogP contribution is 2.43. The predicted octanol–water partition coefficient (Wildman–Crippen LogP) is 1.38. The number of nitrogens with one attached hydrogen (secondary N) is 2. The minimum Gasteiger partial charge on any atom is -0.477 e. The Morgan fingerprint density at radius 3 is 2.88 bits per heavy atom. The van der Waals surface area contributed by atoms with Gasteiger partial charge in [0.15, 0.2) is 10.8 Å². The number of thioether (sulfide) groups is 2. The minimum atomic E-state index is -1.25. The minimum absolute atomic E-state index is 0.0466. The third-order valence-electron chi connectivity index (χ3n) is 4.55. The molecule has 4 rings (SSSR count). The van der Waals surface area contributed by atoms with E-state index in [1.807, 2.05) is 0 Å². The third kappa shape index (κ3) is 4.44. The zero-order valence-electron chi connectivity index (χ0n) is 16.3. The zero-order valence-corrected chi connectivity index (χ0v) is 19.5. The Labute approximate surface area is 202 Å². The van der Waals surface area contributed by atoms with Crippen molar-refractivity contribution in [2.75, 3.05) is 11.5 Å². The molecular formula is C17H14ClN7O5S3. The summed E-state index contributed by atoms with van der Waals surface area (Å²) in [5, 5.41) is 32.0. The third-order valence-corrected chi connectivity index (χ3v) is 7.99. The second-order valence-electron chi connectivity index (χ2n) is 6.51. The normalized spacial score (nSPS) is 20.7. The first-order valence-electron chi connectivity index (χ1n) is 9.00. The number of nitrogens with zero attached hydrogens (tertiary/aromatic N) is 4. The number of carboxylic acid groups (broad SMARTS) is 1. The number of H-pyrrole nitrogens is 1. The van der Waals surface area contributed by atoms with Gasteiger partial charge in [-0.25, -0.2) is 9.78 Å². The van der Waals surface area contributed by atoms with Gasteiger partial charge in [0.1, 0.15) is 27.1 Å². The lowest BCUT2D eigenvalue weighted by Gasteiger charge is -2.49. The van der Waals surface area contributed by atoms with Crippen molar-refractivity contribution in [2.45, 2.75) is 11.4 Å². The maximum Gasteiger partial charge on any atom is 0.353 e. The van der Waals surface area contributed by atoms with Gasteiger partial charge in [-0.1, -0.05) is 39.9 Å². The maximum absolute atomic E-state index is 12.8. The van der Waals surface area contributed by atoms with Crippen molar-refractivity contribution < 1.29 is 24.7 Å². The van der Waals surface area contributed by atoms with Crippen molar-refractivity contribution >= 4 is 81.2 Å². The molecule has 12 nitrogen and oxygen atoms in total. The quantitative estimate of drug-likeness (QED) is 0.152. The summed E-state index contributed by atoms with van der Waals surface area (Å²) in [5.41, 5.74) is 5.61. The predicted molar refractivity (Wildman–Crippen MR) is 125 cm³/mol. The number of aromatic nitrogens is 3. The number of nitrogens with two attached hydrogens (primary N) is 1. The van der Waals surface area contributed by atoms with E-state index in [0.29, 0.717) is 10.7 Å². The molecule has 0 spiro atoms. The summed E-state index contributed by atoms with van der Waals surface area (Å²) in [6.07, 6.45) is 5.04. The number of rotatable bonds is 7. The molecule has 2 aliphatic rings. The van der Waals surface area contributed by atoms with Crippen LogP contribution in [0.15, 0.2) is 33.6 Å². The number of aliphatic carboxylic acids is 1. The molecule has 172 valence electrons. The molecule has 2 aromatic heterocycles. The average Bonchev–Trinajstić information content (AvgIpc) is 3.41. The van der Waals surface area contributed by atoms with Crippen LogP contribution < -0.4 is 11.1 Å². The second-order valence-corrected chi connectivity index (χ2v) is 10.3. The number of β-lactam (4-membered cyclic amide) rings is 1. The fourth-order valence-corrected chi connectivity index (χ4v) is 6.39. The SMILES string of the molecule is Nc1nc(/C(=N/O)C(=O)N[C@@H]2C(=O)N3C(C(=O)O)=C(S/C=C/c4cn[nH]c4)CS[C@H]23)c(Cl)s1. The van der Waals surface area contributed by atoms with E-state index in [4.69, 9.17) is 17.3 Å². The molecule has 16 heteroatoms. The highest BCUT2D eigenvalue weighted by molar-refractivity contribution is 8.08. The van der Waals surface area contributed by atoms with Gasteiger partial charge < -0.3 is 21.4 Å². The topological polar surface area (TPSA) is 187 Å². The van der Waals surface area contributed by atoms with Gasteiger partial charge in [-0.2, -0.15) is 5.10 Å². The van der Waals surface area contributed by atoms with Crippen molar-refractivity contribution in [1.29, 1.82) is 0 Å². The molecule has 1 saturated heterocycles. The van der Waals surface area contributed by atoms with E-state index in [9.17, 15) is 24.7 Å². The fraction of sp³-hybridized carbons (Fsp3) is 0.176. The summed E-state index contributed by atoms with van der Waals surface area (Å²) in [5.74, 6) is -2.43. The number of carboxylic acids is 1. The number of carbonyl (C=O) groups excluding carboxylic acids is 2. The molecule has 2 aliphatic heterocycles. The molecule has 0 aliphatic carbocycles. The molecule has 2 atom stereocenters. The van der Waals surface area contributed by atoms with Gasteiger partial charge >= 0.3 is 5.97 Å². The first kappa shape index (κ1) is 23.2. The van der Waals surface area contributed by atoms with Gasteiger partial charge in [0.25, 0.3) is 11.8 Å². The number of aromatic amines is 1. The lowest BCUT2D eigenvalue weighted by Crippen LogP contribution is -2.71. The van der Waals surface area contributed by atoms with Crippen LogP contribution in [-0.4, -0.2) is 71.1 Å². The lowest BCUT2D eigenvalue weighted by atomic mass is 10.0. The molecule has 2 amide bonds. The van der Waals surface area contributed by atoms with E-state index in [-0.39, 0.29) is 20.9 Å². The first-order valence-corrected chi connectivity index (χ1v) is 12.1. The van der Waals surface area contributed by atoms with Gasteiger partial charge in [0.05, 0.1) is 6.20 Å². The van der Waals surface area contributed by atoms with Crippen molar-refractivity contribution in [3.63, 3.8) is 0 Å². The molecule has 0 aromatic carbocycles. The Morgan fingerprint density at radius 1 is 1.48 bits per heavy atom. The molecule has 0 saturated carbocycles. The van der Waals surface area contributed by atoms with Crippen LogP contribution in [0.2, 0.25) is 4.34 Å². The molecule has 2 aromatic rings. The lowest BCUT2D eigenvalue weighted by molar-refractivity contribution is -0.150. The number of halogens is 1. The van der Waals surface area contributed by atoms with Crippen molar-refractivity contribution in [3.8, 4) is 0 Å². The first-order chi connectivity index (χ1) is 15.8. The Balaban J connectivity index is 1.49. The van der Waals surface area contributed by atoms with Crippen LogP contribution in [-0.2, 0) is 14.4 Å². The fourth-order valence-electron chi connectivity index (χ4n) is 3.10. The molecule has 0 radical (unpaired) electrons. The van der Waals surface area contributed by atoms with Crippen LogP contribution >= 0.6 is 46.5 Å². The van der Waals surface area contributed by atoms with Crippen molar-refractivity contribution in [1.82, 2.24) is 25.4 Å². The molecule has 33 heavy (non-hydrogen) atoms. The molecular weight excluding hydrogens is 514 g/mol. The number of hydrogen-bond acceptors (Lipinski definition) is 11. The summed E-state index contributed by atoms with van der Waals surface area (Å²) in [6, 6.07) is -1.02. The number of fused-ring (bicyclic) bond motifs is 1. The number of carbonyl (C=O) groups is 3. The summed E-state index contributed by atoms with van der Waals surface area (Å²) in [7, 11) is 0. The number of nitrogen functional groups attached to an aromatic ring is 1. The summed E-state index contributed by atoms with van der Waals surface area (Å²) in [4.78, 5) is 42.8. The number of amides is 2. The number of anilines is 1. The van der Waals surface area contributed by atoms with Crippen LogP contribution in [0.5, 0.6) is 0 Å². The highest BCUT2D eigenvalue weighted by atomic mass is 35.5. The Bertz CT molecular complexity index is 1210. The van der Waals surface area contributed by atoms with Gasteiger partial charge in [-0.05, 0) is 11.5 Å². The summed E-state index contributed by atoms with van der Waals surface area (Å²) in [6.45, 7) is 0. The van der Waals surface area contributed by atoms with E-state index in [2.05, 4.69) is 25.7 Å². The van der Waals surface area contributed by atoms with E-state index in [1.54, 1.807) is 23.9 Å². The maximum atomic E-state index is 12.8. The van der Waals surface area contributed by atoms with Crippen LogP contribution in [0.3, 0.4) is 0 Å². The second kappa shape index (κ2) is 9.46. The van der Waals surface area contributed by atoms with Crippen LogP contribution in [0.4, 0.5) is 5.13 Å². The van der Waals surface area contributed by atoms with Crippen LogP contribution in [0, 0.1) is 0 Å². The molecule has 1 fully saturated rings. The Hall–Kier alpha value is -3.01. The van der Waals surface area contributed by atoms with Crippen molar-refractivity contribution in [2.24, 2.45) is 5.16 Å². The zero-order chi connectivity index (χ0) is 23.7. The molecule has 6 N–H and O–H groups in total. The summed E-state index contributed by atoms with van der Waals surface area (Å²) >= 11 is 9.35. The van der Waals surface area contributed by atoms with Crippen LogP contribution in [0.25, 0.3) is 6.08 Å². The monoisotopic (exact) mass is 527 g/mol. The smallest absolute Gasteiger partial charge is 0.353 e. The molecule has 0 unspecified atom stereocenters. The molecule has 0 bridgehead atoms.